The van der Waals surface area contributed by atoms with Gasteiger partial charge in [0.25, 0.3) is 5.91 Å². The van der Waals surface area contributed by atoms with Crippen LogP contribution in [0.25, 0.3) is 11.3 Å². The van der Waals surface area contributed by atoms with Crippen molar-refractivity contribution in [2.45, 2.75) is 6.92 Å². The van der Waals surface area contributed by atoms with Gasteiger partial charge in [-0.15, -0.1) is 0 Å². The summed E-state index contributed by atoms with van der Waals surface area (Å²) in [7, 11) is 2.99. The number of methoxy groups -OCH3 is 2. The molecule has 0 aliphatic carbocycles. The highest BCUT2D eigenvalue weighted by Crippen LogP contribution is 2.36. The maximum atomic E-state index is 12.7. The normalized spacial score (nSPS) is 10.5. The molecule has 7 heteroatoms. The average molecular weight is 373 g/mol. The first kappa shape index (κ1) is 17.8. The summed E-state index contributed by atoms with van der Waals surface area (Å²) in [6.07, 6.45) is 1.24. The van der Waals surface area contributed by atoms with E-state index in [4.69, 9.17) is 25.5 Å². The molecule has 2 aromatic carbocycles. The predicted molar refractivity (Wildman–Crippen MR) is 99.2 cm³/mol. The van der Waals surface area contributed by atoms with E-state index in [0.717, 1.165) is 11.1 Å². The van der Waals surface area contributed by atoms with Gasteiger partial charge in [-0.25, -0.2) is 4.98 Å². The third kappa shape index (κ3) is 3.50. The number of oxazole rings is 1. The van der Waals surface area contributed by atoms with Crippen LogP contribution in [0.5, 0.6) is 11.5 Å². The van der Waals surface area contributed by atoms with Gasteiger partial charge in [0.1, 0.15) is 11.5 Å². The van der Waals surface area contributed by atoms with E-state index in [1.54, 1.807) is 12.1 Å². The summed E-state index contributed by atoms with van der Waals surface area (Å²) in [5, 5.41) is 3.10. The van der Waals surface area contributed by atoms with E-state index in [1.807, 2.05) is 31.2 Å². The molecule has 0 radical (unpaired) electrons. The van der Waals surface area contributed by atoms with E-state index in [1.165, 1.54) is 20.6 Å². The van der Waals surface area contributed by atoms with Crippen LogP contribution in [0, 0.1) is 6.92 Å². The van der Waals surface area contributed by atoms with E-state index in [-0.39, 0.29) is 5.69 Å². The van der Waals surface area contributed by atoms with Gasteiger partial charge in [-0.3, -0.25) is 4.79 Å². The lowest BCUT2D eigenvalue weighted by atomic mass is 10.1. The topological polar surface area (TPSA) is 73.6 Å². The number of nitrogens with zero attached hydrogens (tertiary/aromatic N) is 1. The van der Waals surface area contributed by atoms with Gasteiger partial charge in [0, 0.05) is 11.6 Å². The fourth-order valence-electron chi connectivity index (χ4n) is 2.46. The van der Waals surface area contributed by atoms with Gasteiger partial charge in [-0.1, -0.05) is 41.4 Å². The van der Waals surface area contributed by atoms with E-state index in [0.29, 0.717) is 28.0 Å². The zero-order chi connectivity index (χ0) is 18.7. The van der Waals surface area contributed by atoms with Crippen LogP contribution in [0.4, 0.5) is 5.69 Å². The zero-order valence-electron chi connectivity index (χ0n) is 14.5. The monoisotopic (exact) mass is 372 g/mol. The molecule has 1 amide bonds. The van der Waals surface area contributed by atoms with Gasteiger partial charge in [0.15, 0.2) is 17.8 Å². The molecule has 134 valence electrons. The number of aromatic nitrogens is 1. The molecular weight excluding hydrogens is 356 g/mol. The lowest BCUT2D eigenvalue weighted by molar-refractivity contribution is 0.102. The SMILES string of the molecule is COc1cc(OC)c(NC(=O)c2ncoc2-c2ccc(C)cc2)cc1Cl. The van der Waals surface area contributed by atoms with Crippen LogP contribution in [0.2, 0.25) is 5.02 Å². The van der Waals surface area contributed by atoms with Crippen LogP contribution < -0.4 is 14.8 Å². The van der Waals surface area contributed by atoms with Crippen LogP contribution in [0.3, 0.4) is 0 Å². The number of anilines is 1. The number of hydrogen-bond acceptors (Lipinski definition) is 5. The molecule has 6 nitrogen and oxygen atoms in total. The maximum Gasteiger partial charge on any atom is 0.278 e. The fourth-order valence-corrected chi connectivity index (χ4v) is 2.70. The summed E-state index contributed by atoms with van der Waals surface area (Å²) >= 11 is 6.14. The second-order valence-electron chi connectivity index (χ2n) is 5.54. The molecule has 0 fully saturated rings. The first-order chi connectivity index (χ1) is 12.5. The van der Waals surface area contributed by atoms with Crippen molar-refractivity contribution in [1.29, 1.82) is 0 Å². The van der Waals surface area contributed by atoms with Gasteiger partial charge in [0.05, 0.1) is 24.9 Å². The molecule has 1 heterocycles. The number of aryl methyl sites for hydroxylation is 1. The molecule has 3 rings (SSSR count). The first-order valence-electron chi connectivity index (χ1n) is 7.77. The van der Waals surface area contributed by atoms with Crippen LogP contribution >= 0.6 is 11.6 Å². The Labute approximate surface area is 155 Å². The van der Waals surface area contributed by atoms with Gasteiger partial charge >= 0.3 is 0 Å². The van der Waals surface area contributed by atoms with Crippen LogP contribution in [-0.4, -0.2) is 25.1 Å². The Balaban J connectivity index is 1.91. The second kappa shape index (κ2) is 7.49. The Morgan fingerprint density at radius 2 is 1.81 bits per heavy atom. The van der Waals surface area contributed by atoms with Crippen molar-refractivity contribution >= 4 is 23.2 Å². The minimum absolute atomic E-state index is 0.169. The molecule has 0 atom stereocenters. The standard InChI is InChI=1S/C19H17ClN2O4/c1-11-4-6-12(7-5-11)18-17(21-10-26-18)19(23)22-14-8-13(20)15(24-2)9-16(14)25-3/h4-10H,1-3H3,(H,22,23). The minimum atomic E-state index is -0.436. The predicted octanol–water partition coefficient (Wildman–Crippen LogP) is 4.57. The molecule has 1 aromatic heterocycles. The molecule has 0 aliphatic heterocycles. The smallest absolute Gasteiger partial charge is 0.278 e. The van der Waals surface area contributed by atoms with Crippen molar-refractivity contribution in [3.8, 4) is 22.8 Å². The molecule has 0 unspecified atom stereocenters. The highest BCUT2D eigenvalue weighted by atomic mass is 35.5. The molecule has 0 aliphatic rings. The molecule has 0 saturated heterocycles. The van der Waals surface area contributed by atoms with Gasteiger partial charge in [-0.05, 0) is 13.0 Å². The number of hydrogen-bond donors (Lipinski definition) is 1. The number of nitrogens with one attached hydrogen (secondary N) is 1. The summed E-state index contributed by atoms with van der Waals surface area (Å²) in [6.45, 7) is 1.98. The number of rotatable bonds is 5. The maximum absolute atomic E-state index is 12.7. The third-order valence-corrected chi connectivity index (χ3v) is 4.11. The lowest BCUT2D eigenvalue weighted by Gasteiger charge is -2.12. The molecule has 0 spiro atoms. The van der Waals surface area contributed by atoms with Crippen molar-refractivity contribution in [1.82, 2.24) is 4.98 Å². The highest BCUT2D eigenvalue weighted by Gasteiger charge is 2.20. The van der Waals surface area contributed by atoms with Crippen LogP contribution in [0.15, 0.2) is 47.2 Å². The van der Waals surface area contributed by atoms with E-state index in [9.17, 15) is 4.79 Å². The Bertz CT molecular complexity index is 935. The van der Waals surface area contributed by atoms with Crippen LogP contribution in [0.1, 0.15) is 16.1 Å². The van der Waals surface area contributed by atoms with Gasteiger partial charge < -0.3 is 19.2 Å². The van der Waals surface area contributed by atoms with Crippen molar-refractivity contribution in [2.75, 3.05) is 19.5 Å². The molecule has 0 saturated carbocycles. The molecule has 3 aromatic rings. The Hall–Kier alpha value is -2.99. The van der Waals surface area contributed by atoms with Gasteiger partial charge in [-0.2, -0.15) is 0 Å². The van der Waals surface area contributed by atoms with Crippen molar-refractivity contribution in [3.05, 3.63) is 59.1 Å². The third-order valence-electron chi connectivity index (χ3n) is 3.82. The lowest BCUT2D eigenvalue weighted by Crippen LogP contribution is -2.14. The number of carbonyl (C=O) groups excluding carboxylic acids is 1. The van der Waals surface area contributed by atoms with E-state index in [2.05, 4.69) is 10.3 Å². The van der Waals surface area contributed by atoms with E-state index >= 15 is 0 Å². The first-order valence-corrected chi connectivity index (χ1v) is 8.14. The summed E-state index contributed by atoms with van der Waals surface area (Å²) in [5.41, 5.74) is 2.44. The van der Waals surface area contributed by atoms with E-state index < -0.39 is 5.91 Å². The largest absolute Gasteiger partial charge is 0.495 e. The summed E-state index contributed by atoms with van der Waals surface area (Å²) in [4.78, 5) is 16.8. The van der Waals surface area contributed by atoms with Crippen LogP contribution in [-0.2, 0) is 0 Å². The molecule has 0 bridgehead atoms. The molecule has 1 N–H and O–H groups in total. The zero-order valence-corrected chi connectivity index (χ0v) is 15.3. The van der Waals surface area contributed by atoms with Crippen molar-refractivity contribution in [3.63, 3.8) is 0 Å². The average Bonchev–Trinajstić information content (AvgIpc) is 3.12. The van der Waals surface area contributed by atoms with Gasteiger partial charge in [0.2, 0.25) is 0 Å². The second-order valence-corrected chi connectivity index (χ2v) is 5.94. The number of amides is 1. The quantitative estimate of drug-likeness (QED) is 0.710. The summed E-state index contributed by atoms with van der Waals surface area (Å²) in [5.74, 6) is 0.818. The molecule has 26 heavy (non-hydrogen) atoms. The Morgan fingerprint density at radius 1 is 1.12 bits per heavy atom. The Kier molecular flexibility index (Phi) is 5.14. The number of carbonyl (C=O) groups is 1. The minimum Gasteiger partial charge on any atom is -0.495 e. The highest BCUT2D eigenvalue weighted by molar-refractivity contribution is 6.32. The summed E-state index contributed by atoms with van der Waals surface area (Å²) in [6, 6.07) is 10.8. The number of halogens is 1. The molecular formula is C19H17ClN2O4. The van der Waals surface area contributed by atoms with Crippen molar-refractivity contribution in [2.24, 2.45) is 0 Å². The number of ether oxygens (including phenoxy) is 2. The number of benzene rings is 2. The fraction of sp³-hybridized carbons (Fsp3) is 0.158. The van der Waals surface area contributed by atoms with Crippen molar-refractivity contribution < 1.29 is 18.7 Å². The Morgan fingerprint density at radius 3 is 2.46 bits per heavy atom. The summed E-state index contributed by atoms with van der Waals surface area (Å²) < 4.78 is 15.9.